The lowest BCUT2D eigenvalue weighted by molar-refractivity contribution is 0.0574. The standard InChI is InChI=1S/C23H24O10/c1-28-18-14(20(24)30-3)8-12(9-15(18)21(25)31-4)7-13-10-16(22(26)32-5)19(29-2)17(11-13)23(27)33-6/h8-11H,7H2,1-6H3. The topological polar surface area (TPSA) is 124 Å². The summed E-state index contributed by atoms with van der Waals surface area (Å²) in [5.41, 5.74) is 0.989. The van der Waals surface area contributed by atoms with Crippen molar-refractivity contribution in [1.29, 1.82) is 0 Å². The number of hydrogen-bond acceptors (Lipinski definition) is 10. The van der Waals surface area contributed by atoms with Gasteiger partial charge in [0.05, 0.1) is 42.7 Å². The third kappa shape index (κ3) is 5.22. The molecule has 0 saturated carbocycles. The van der Waals surface area contributed by atoms with Crippen molar-refractivity contribution in [1.82, 2.24) is 0 Å². The Hall–Kier alpha value is -4.08. The molecule has 176 valence electrons. The van der Waals surface area contributed by atoms with E-state index in [1.165, 1.54) is 66.9 Å². The Labute approximate surface area is 190 Å². The second-order valence-electron chi connectivity index (χ2n) is 6.59. The highest BCUT2D eigenvalue weighted by Gasteiger charge is 2.25. The third-order valence-corrected chi connectivity index (χ3v) is 4.74. The van der Waals surface area contributed by atoms with Crippen LogP contribution in [0.1, 0.15) is 52.6 Å². The van der Waals surface area contributed by atoms with Crippen molar-refractivity contribution in [3.8, 4) is 11.5 Å². The van der Waals surface area contributed by atoms with E-state index in [0.717, 1.165) is 0 Å². The Morgan fingerprint density at radius 3 is 0.939 bits per heavy atom. The van der Waals surface area contributed by atoms with E-state index in [2.05, 4.69) is 0 Å². The molecule has 0 aliphatic rings. The van der Waals surface area contributed by atoms with Gasteiger partial charge in [-0.1, -0.05) is 0 Å². The molecule has 10 nitrogen and oxygen atoms in total. The van der Waals surface area contributed by atoms with Crippen LogP contribution < -0.4 is 9.47 Å². The summed E-state index contributed by atoms with van der Waals surface area (Å²) in [4.78, 5) is 49.3. The Morgan fingerprint density at radius 1 is 0.515 bits per heavy atom. The van der Waals surface area contributed by atoms with Crippen LogP contribution in [0.4, 0.5) is 0 Å². The number of carbonyl (C=O) groups is 4. The van der Waals surface area contributed by atoms with E-state index in [0.29, 0.717) is 11.1 Å². The first-order valence-electron chi connectivity index (χ1n) is 9.51. The van der Waals surface area contributed by atoms with E-state index in [4.69, 9.17) is 28.4 Å². The summed E-state index contributed by atoms with van der Waals surface area (Å²) < 4.78 is 29.7. The number of ether oxygens (including phenoxy) is 6. The highest BCUT2D eigenvalue weighted by atomic mass is 16.5. The van der Waals surface area contributed by atoms with Gasteiger partial charge in [0.2, 0.25) is 0 Å². The number of methoxy groups -OCH3 is 6. The molecule has 0 heterocycles. The van der Waals surface area contributed by atoms with Crippen molar-refractivity contribution in [2.75, 3.05) is 42.7 Å². The first-order chi connectivity index (χ1) is 15.8. The maximum Gasteiger partial charge on any atom is 0.341 e. The summed E-state index contributed by atoms with van der Waals surface area (Å²) in [7, 11) is 7.40. The number of hydrogen-bond donors (Lipinski definition) is 0. The molecule has 0 amide bonds. The van der Waals surface area contributed by atoms with Crippen LogP contribution in [0.15, 0.2) is 24.3 Å². The molecule has 0 fully saturated rings. The van der Waals surface area contributed by atoms with Gasteiger partial charge in [-0.05, 0) is 41.8 Å². The van der Waals surface area contributed by atoms with Crippen LogP contribution in [0.25, 0.3) is 0 Å². The van der Waals surface area contributed by atoms with Gasteiger partial charge in [0.25, 0.3) is 0 Å². The van der Waals surface area contributed by atoms with Gasteiger partial charge in [0, 0.05) is 0 Å². The fraction of sp³-hybridized carbons (Fsp3) is 0.304. The SMILES string of the molecule is COC(=O)c1cc(Cc2cc(C(=O)OC)c(OC)c(C(=O)OC)c2)cc(C(=O)OC)c1OC. The van der Waals surface area contributed by atoms with Gasteiger partial charge in [-0.3, -0.25) is 0 Å². The summed E-state index contributed by atoms with van der Waals surface area (Å²) in [6.45, 7) is 0. The van der Waals surface area contributed by atoms with Crippen LogP contribution in [0.2, 0.25) is 0 Å². The van der Waals surface area contributed by atoms with E-state index in [1.54, 1.807) is 0 Å². The van der Waals surface area contributed by atoms with Crippen molar-refractivity contribution in [2.45, 2.75) is 6.42 Å². The summed E-state index contributed by atoms with van der Waals surface area (Å²) in [5, 5.41) is 0. The van der Waals surface area contributed by atoms with E-state index < -0.39 is 23.9 Å². The Balaban J connectivity index is 2.73. The predicted molar refractivity (Wildman–Crippen MR) is 114 cm³/mol. The van der Waals surface area contributed by atoms with E-state index in [-0.39, 0.29) is 40.2 Å². The van der Waals surface area contributed by atoms with Crippen molar-refractivity contribution in [2.24, 2.45) is 0 Å². The highest BCUT2D eigenvalue weighted by molar-refractivity contribution is 6.01. The summed E-state index contributed by atoms with van der Waals surface area (Å²) in [6, 6.07) is 5.93. The fourth-order valence-corrected chi connectivity index (χ4v) is 3.30. The van der Waals surface area contributed by atoms with Crippen molar-refractivity contribution in [3.05, 3.63) is 57.6 Å². The maximum absolute atomic E-state index is 12.3. The first kappa shape index (κ1) is 25.2. The minimum absolute atomic E-state index is 0.00215. The number of carbonyl (C=O) groups excluding carboxylic acids is 4. The Morgan fingerprint density at radius 2 is 0.758 bits per heavy atom. The normalized spacial score (nSPS) is 10.1. The van der Waals surface area contributed by atoms with Crippen LogP contribution in [-0.4, -0.2) is 66.5 Å². The van der Waals surface area contributed by atoms with Gasteiger partial charge >= 0.3 is 23.9 Å². The van der Waals surface area contributed by atoms with Gasteiger partial charge < -0.3 is 28.4 Å². The molecular formula is C23H24O10. The van der Waals surface area contributed by atoms with Gasteiger partial charge in [-0.15, -0.1) is 0 Å². The number of benzene rings is 2. The Kier molecular flexibility index (Phi) is 8.38. The summed E-state index contributed by atoms with van der Waals surface area (Å²) in [5.74, 6) is -2.90. The van der Waals surface area contributed by atoms with E-state index in [9.17, 15) is 19.2 Å². The zero-order valence-electron chi connectivity index (χ0n) is 19.1. The van der Waals surface area contributed by atoms with Crippen LogP contribution in [0.5, 0.6) is 11.5 Å². The second-order valence-corrected chi connectivity index (χ2v) is 6.59. The minimum Gasteiger partial charge on any atom is -0.495 e. The molecule has 0 radical (unpaired) electrons. The molecule has 2 aromatic rings. The highest BCUT2D eigenvalue weighted by Crippen LogP contribution is 2.31. The average Bonchev–Trinajstić information content (AvgIpc) is 2.85. The molecule has 0 spiro atoms. The average molecular weight is 460 g/mol. The van der Waals surface area contributed by atoms with Crippen LogP contribution in [0, 0.1) is 0 Å². The lowest BCUT2D eigenvalue weighted by Gasteiger charge is -2.16. The molecule has 0 bridgehead atoms. The molecule has 0 aliphatic heterocycles. The maximum atomic E-state index is 12.3. The van der Waals surface area contributed by atoms with Crippen molar-refractivity contribution >= 4 is 23.9 Å². The lowest BCUT2D eigenvalue weighted by atomic mass is 9.95. The first-order valence-corrected chi connectivity index (χ1v) is 9.51. The zero-order valence-corrected chi connectivity index (χ0v) is 19.1. The van der Waals surface area contributed by atoms with Crippen LogP contribution >= 0.6 is 0 Å². The number of esters is 4. The molecule has 0 atom stereocenters. The zero-order chi connectivity index (χ0) is 24.7. The van der Waals surface area contributed by atoms with Crippen molar-refractivity contribution in [3.63, 3.8) is 0 Å². The van der Waals surface area contributed by atoms with Crippen molar-refractivity contribution < 1.29 is 47.6 Å². The number of rotatable bonds is 8. The van der Waals surface area contributed by atoms with Gasteiger partial charge in [0.1, 0.15) is 33.8 Å². The molecule has 0 N–H and O–H groups in total. The minimum atomic E-state index is -0.723. The Bertz CT molecular complexity index is 927. The van der Waals surface area contributed by atoms with Crippen LogP contribution in [-0.2, 0) is 25.4 Å². The fourth-order valence-electron chi connectivity index (χ4n) is 3.30. The summed E-state index contributed by atoms with van der Waals surface area (Å²) in [6.07, 6.45) is 0.107. The molecular weight excluding hydrogens is 436 g/mol. The third-order valence-electron chi connectivity index (χ3n) is 4.74. The molecule has 10 heteroatoms. The molecule has 2 aromatic carbocycles. The molecule has 0 aromatic heterocycles. The lowest BCUT2D eigenvalue weighted by Crippen LogP contribution is -2.13. The smallest absolute Gasteiger partial charge is 0.341 e. The summed E-state index contributed by atoms with van der Waals surface area (Å²) >= 11 is 0. The van der Waals surface area contributed by atoms with Crippen LogP contribution in [0.3, 0.4) is 0 Å². The largest absolute Gasteiger partial charge is 0.495 e. The molecule has 0 aliphatic carbocycles. The van der Waals surface area contributed by atoms with E-state index in [1.807, 2.05) is 0 Å². The molecule has 0 unspecified atom stereocenters. The second kappa shape index (κ2) is 11.0. The molecule has 0 saturated heterocycles. The van der Waals surface area contributed by atoms with Gasteiger partial charge in [-0.25, -0.2) is 19.2 Å². The van der Waals surface area contributed by atoms with E-state index >= 15 is 0 Å². The molecule has 2 rings (SSSR count). The molecule has 33 heavy (non-hydrogen) atoms. The quantitative estimate of drug-likeness (QED) is 0.428. The predicted octanol–water partition coefficient (Wildman–Crippen LogP) is 2.44. The monoisotopic (exact) mass is 460 g/mol. The van der Waals surface area contributed by atoms with Gasteiger partial charge in [-0.2, -0.15) is 0 Å². The van der Waals surface area contributed by atoms with Gasteiger partial charge in [0.15, 0.2) is 0 Å².